The molecule has 0 fully saturated rings. The number of carbonyl (C=O) groups is 1. The van der Waals surface area contributed by atoms with E-state index in [2.05, 4.69) is 44.4 Å². The van der Waals surface area contributed by atoms with Crippen molar-refractivity contribution < 1.29 is 9.18 Å². The number of nitrogens with one attached hydrogen (secondary N) is 2. The van der Waals surface area contributed by atoms with Crippen LogP contribution in [0.15, 0.2) is 73.2 Å². The van der Waals surface area contributed by atoms with Crippen LogP contribution in [0.2, 0.25) is 5.02 Å². The van der Waals surface area contributed by atoms with Gasteiger partial charge in [0.25, 0.3) is 5.91 Å². The number of H-pyrrole nitrogens is 2. The largest absolute Gasteiger partial charge is 0.360 e. The third-order valence-electron chi connectivity index (χ3n) is 5.97. The minimum Gasteiger partial charge on any atom is -0.360 e. The van der Waals surface area contributed by atoms with E-state index in [0.717, 1.165) is 28.8 Å². The van der Waals surface area contributed by atoms with Gasteiger partial charge in [-0.2, -0.15) is 5.10 Å². The predicted octanol–water partition coefficient (Wildman–Crippen LogP) is 5.53. The topological polar surface area (TPSA) is 77.7 Å². The molecule has 3 aromatic heterocycles. The normalized spacial score (nSPS) is 11.2. The highest BCUT2D eigenvalue weighted by Crippen LogP contribution is 2.26. The van der Waals surface area contributed by atoms with Crippen LogP contribution in [0.25, 0.3) is 10.9 Å². The zero-order valence-corrected chi connectivity index (χ0v) is 19.8. The highest BCUT2D eigenvalue weighted by Gasteiger charge is 2.16. The summed E-state index contributed by atoms with van der Waals surface area (Å²) >= 11 is 6.17. The van der Waals surface area contributed by atoms with Crippen molar-refractivity contribution in [3.05, 3.63) is 118 Å². The molecule has 5 rings (SSSR count). The Balaban J connectivity index is 1.27. The number of pyridine rings is 1. The van der Waals surface area contributed by atoms with Gasteiger partial charge in [0, 0.05) is 72.7 Å². The lowest BCUT2D eigenvalue weighted by Gasteiger charge is -2.18. The molecule has 0 aliphatic rings. The lowest BCUT2D eigenvalue weighted by atomic mass is 10.0. The van der Waals surface area contributed by atoms with Gasteiger partial charge in [0.1, 0.15) is 5.82 Å². The van der Waals surface area contributed by atoms with Crippen molar-refractivity contribution in [3.8, 4) is 0 Å². The SMILES string of the molecule is CN(Cc1cc2c(Cl)c[nH]c2cc1F)C(=O)c1ccnc(Cc2ccc(Cc3cc[nH]n3)cc2)c1. The standard InChI is InChI=1S/C27H23ClFN5O/c1-34(16-20-13-23-24(28)15-31-26(23)14-25(20)29)27(35)19-6-8-30-22(12-19)11-18-4-2-17(3-5-18)10-21-7-9-32-33-21/h2-9,12-15,31H,10-11,16H2,1H3,(H,32,33). The van der Waals surface area contributed by atoms with E-state index in [-0.39, 0.29) is 18.3 Å². The van der Waals surface area contributed by atoms with E-state index in [0.29, 0.717) is 28.1 Å². The second-order valence-corrected chi connectivity index (χ2v) is 8.97. The second-order valence-electron chi connectivity index (χ2n) is 8.56. The third kappa shape index (κ3) is 5.10. The number of hydrogen-bond acceptors (Lipinski definition) is 3. The molecule has 6 nitrogen and oxygen atoms in total. The first-order chi connectivity index (χ1) is 17.0. The summed E-state index contributed by atoms with van der Waals surface area (Å²) in [5.74, 6) is -0.593. The third-order valence-corrected chi connectivity index (χ3v) is 6.28. The summed E-state index contributed by atoms with van der Waals surface area (Å²) in [6.45, 7) is 0.122. The van der Waals surface area contributed by atoms with Crippen LogP contribution in [-0.4, -0.2) is 38.0 Å². The Morgan fingerprint density at radius 1 is 1.03 bits per heavy atom. The molecule has 0 atom stereocenters. The van der Waals surface area contributed by atoms with Gasteiger partial charge in [-0.05, 0) is 41.5 Å². The fourth-order valence-corrected chi connectivity index (χ4v) is 4.32. The van der Waals surface area contributed by atoms with E-state index in [4.69, 9.17) is 11.6 Å². The number of nitrogens with zero attached hydrogens (tertiary/aromatic N) is 3. The molecule has 2 aromatic carbocycles. The smallest absolute Gasteiger partial charge is 0.254 e. The van der Waals surface area contributed by atoms with Gasteiger partial charge < -0.3 is 9.88 Å². The van der Waals surface area contributed by atoms with Gasteiger partial charge in [0.15, 0.2) is 0 Å². The van der Waals surface area contributed by atoms with E-state index in [9.17, 15) is 9.18 Å². The lowest BCUT2D eigenvalue weighted by molar-refractivity contribution is 0.0783. The summed E-state index contributed by atoms with van der Waals surface area (Å²) in [6, 6.07) is 16.8. The van der Waals surface area contributed by atoms with E-state index in [1.807, 2.05) is 12.3 Å². The summed E-state index contributed by atoms with van der Waals surface area (Å²) in [4.78, 5) is 21.9. The van der Waals surface area contributed by atoms with Crippen molar-refractivity contribution in [2.24, 2.45) is 0 Å². The summed E-state index contributed by atoms with van der Waals surface area (Å²) in [5, 5.41) is 8.26. The van der Waals surface area contributed by atoms with Crippen LogP contribution in [0, 0.1) is 5.82 Å². The molecule has 0 saturated heterocycles. The minimum absolute atomic E-state index is 0.122. The van der Waals surface area contributed by atoms with Crippen molar-refractivity contribution in [3.63, 3.8) is 0 Å². The van der Waals surface area contributed by atoms with Crippen molar-refractivity contribution in [1.29, 1.82) is 0 Å². The second kappa shape index (κ2) is 9.72. The highest BCUT2D eigenvalue weighted by atomic mass is 35.5. The molecular formula is C27H23ClFN5O. The van der Waals surface area contributed by atoms with Crippen molar-refractivity contribution in [1.82, 2.24) is 25.1 Å². The lowest BCUT2D eigenvalue weighted by Crippen LogP contribution is -2.26. The number of carbonyl (C=O) groups excluding carboxylic acids is 1. The quantitative estimate of drug-likeness (QED) is 0.317. The number of rotatable bonds is 7. The Kier molecular flexibility index (Phi) is 6.33. The molecule has 0 radical (unpaired) electrons. The van der Waals surface area contributed by atoms with Crippen molar-refractivity contribution in [2.45, 2.75) is 19.4 Å². The predicted molar refractivity (Wildman–Crippen MR) is 134 cm³/mol. The molecule has 5 aromatic rings. The molecule has 176 valence electrons. The van der Waals surface area contributed by atoms with Crippen LogP contribution in [0.3, 0.4) is 0 Å². The number of benzene rings is 2. The monoisotopic (exact) mass is 487 g/mol. The number of hydrogen-bond donors (Lipinski definition) is 2. The molecule has 3 heterocycles. The van der Waals surface area contributed by atoms with Gasteiger partial charge in [-0.15, -0.1) is 0 Å². The summed E-state index contributed by atoms with van der Waals surface area (Å²) < 4.78 is 14.6. The summed E-state index contributed by atoms with van der Waals surface area (Å²) in [5.41, 5.74) is 5.58. The minimum atomic E-state index is -0.387. The molecule has 0 unspecified atom stereocenters. The average Bonchev–Trinajstić information content (AvgIpc) is 3.50. The van der Waals surface area contributed by atoms with Gasteiger partial charge in [-0.3, -0.25) is 14.9 Å². The van der Waals surface area contributed by atoms with Crippen LogP contribution in [-0.2, 0) is 19.4 Å². The molecule has 1 amide bonds. The summed E-state index contributed by atoms with van der Waals surface area (Å²) in [6.07, 6.45) is 6.44. The Morgan fingerprint density at radius 2 is 1.77 bits per heavy atom. The molecule has 0 aliphatic carbocycles. The Bertz CT molecular complexity index is 1480. The fraction of sp³-hybridized carbons (Fsp3) is 0.148. The Hall–Kier alpha value is -3.97. The molecule has 2 N–H and O–H groups in total. The summed E-state index contributed by atoms with van der Waals surface area (Å²) in [7, 11) is 1.66. The van der Waals surface area contributed by atoms with Gasteiger partial charge in [-0.1, -0.05) is 35.9 Å². The highest BCUT2D eigenvalue weighted by molar-refractivity contribution is 6.35. The van der Waals surface area contributed by atoms with Crippen LogP contribution in [0.1, 0.15) is 38.4 Å². The number of fused-ring (bicyclic) bond motifs is 1. The van der Waals surface area contributed by atoms with Gasteiger partial charge >= 0.3 is 0 Å². The Morgan fingerprint density at radius 3 is 2.49 bits per heavy atom. The molecule has 35 heavy (non-hydrogen) atoms. The number of aromatic nitrogens is 4. The molecule has 8 heteroatoms. The molecule has 0 saturated carbocycles. The maximum absolute atomic E-state index is 14.6. The van der Waals surface area contributed by atoms with Crippen LogP contribution in [0.4, 0.5) is 4.39 Å². The van der Waals surface area contributed by atoms with Gasteiger partial charge in [-0.25, -0.2) is 4.39 Å². The Labute approximate surface area is 206 Å². The number of aromatic amines is 2. The van der Waals surface area contributed by atoms with E-state index in [1.54, 1.807) is 37.6 Å². The van der Waals surface area contributed by atoms with Crippen LogP contribution >= 0.6 is 11.6 Å². The average molecular weight is 488 g/mol. The van der Waals surface area contributed by atoms with Crippen molar-refractivity contribution >= 4 is 28.4 Å². The van der Waals surface area contributed by atoms with Gasteiger partial charge in [0.2, 0.25) is 0 Å². The number of halogens is 2. The van der Waals surface area contributed by atoms with Crippen LogP contribution in [0.5, 0.6) is 0 Å². The molecular weight excluding hydrogens is 465 g/mol. The first kappa shape index (κ1) is 22.8. The first-order valence-corrected chi connectivity index (χ1v) is 11.6. The maximum Gasteiger partial charge on any atom is 0.254 e. The first-order valence-electron chi connectivity index (χ1n) is 11.2. The van der Waals surface area contributed by atoms with Crippen molar-refractivity contribution in [2.75, 3.05) is 7.05 Å². The van der Waals surface area contributed by atoms with Crippen LogP contribution < -0.4 is 0 Å². The zero-order chi connectivity index (χ0) is 24.4. The molecule has 0 aliphatic heterocycles. The molecule has 0 spiro atoms. The zero-order valence-electron chi connectivity index (χ0n) is 19.1. The molecule has 0 bridgehead atoms. The number of amides is 1. The van der Waals surface area contributed by atoms with E-state index >= 15 is 0 Å². The maximum atomic E-state index is 14.6. The van der Waals surface area contributed by atoms with E-state index in [1.165, 1.54) is 16.5 Å². The van der Waals surface area contributed by atoms with Gasteiger partial charge in [0.05, 0.1) is 10.7 Å². The fourth-order valence-electron chi connectivity index (χ4n) is 4.11. The van der Waals surface area contributed by atoms with E-state index < -0.39 is 0 Å².